The lowest BCUT2D eigenvalue weighted by molar-refractivity contribution is 0.356. The van der Waals surface area contributed by atoms with Crippen molar-refractivity contribution in [1.82, 2.24) is 10.2 Å². The van der Waals surface area contributed by atoms with Gasteiger partial charge in [0.2, 0.25) is 0 Å². The molecule has 0 aliphatic carbocycles. The molecule has 0 saturated carbocycles. The molecule has 0 radical (unpaired) electrons. The summed E-state index contributed by atoms with van der Waals surface area (Å²) in [6.07, 6.45) is 0. The molecule has 1 aromatic heterocycles. The zero-order valence-corrected chi connectivity index (χ0v) is 11.1. The number of halogens is 1. The van der Waals surface area contributed by atoms with Crippen molar-refractivity contribution in [3.63, 3.8) is 0 Å². The highest BCUT2D eigenvalue weighted by atomic mass is 35.5. The standard InChI is InChI=1S/C12H14ClN3O2/c1-6-7(13)4-9(17-2)12(18-3)11(6)8-5-10(14)16-15-8/h4-5H,1-3H3,(H3,14,15,16). The van der Waals surface area contributed by atoms with Crippen LogP contribution in [0.25, 0.3) is 11.3 Å². The summed E-state index contributed by atoms with van der Waals surface area (Å²) < 4.78 is 10.7. The van der Waals surface area contributed by atoms with E-state index in [9.17, 15) is 0 Å². The molecule has 0 aliphatic rings. The van der Waals surface area contributed by atoms with Crippen LogP contribution < -0.4 is 15.2 Å². The molecule has 6 heteroatoms. The Kier molecular flexibility index (Phi) is 3.34. The Hall–Kier alpha value is -1.88. The van der Waals surface area contributed by atoms with E-state index in [1.54, 1.807) is 26.4 Å². The van der Waals surface area contributed by atoms with Gasteiger partial charge in [0.25, 0.3) is 0 Å². The van der Waals surface area contributed by atoms with Crippen LogP contribution in [0.15, 0.2) is 12.1 Å². The number of anilines is 1. The van der Waals surface area contributed by atoms with Gasteiger partial charge in [-0.15, -0.1) is 0 Å². The first-order valence-corrected chi connectivity index (χ1v) is 5.68. The second-order valence-electron chi connectivity index (χ2n) is 3.80. The summed E-state index contributed by atoms with van der Waals surface area (Å²) in [5, 5.41) is 7.35. The number of nitrogens with one attached hydrogen (secondary N) is 1. The predicted molar refractivity (Wildman–Crippen MR) is 71.3 cm³/mol. The molecule has 0 fully saturated rings. The Bertz CT molecular complexity index is 581. The summed E-state index contributed by atoms with van der Waals surface area (Å²) in [5.41, 5.74) is 8.03. The Balaban J connectivity index is 2.74. The lowest BCUT2D eigenvalue weighted by Crippen LogP contribution is -1.97. The van der Waals surface area contributed by atoms with Crippen molar-refractivity contribution in [3.05, 3.63) is 22.7 Å². The van der Waals surface area contributed by atoms with Crippen LogP contribution in [-0.4, -0.2) is 24.4 Å². The maximum Gasteiger partial charge on any atom is 0.170 e. The summed E-state index contributed by atoms with van der Waals surface area (Å²) in [6.45, 7) is 1.90. The summed E-state index contributed by atoms with van der Waals surface area (Å²) in [7, 11) is 3.14. The van der Waals surface area contributed by atoms with Crippen LogP contribution in [0.4, 0.5) is 5.82 Å². The van der Waals surface area contributed by atoms with Gasteiger partial charge in [0.15, 0.2) is 11.5 Å². The Labute approximate surface area is 110 Å². The van der Waals surface area contributed by atoms with E-state index in [1.165, 1.54) is 0 Å². The van der Waals surface area contributed by atoms with Crippen LogP contribution in [0.5, 0.6) is 11.5 Å². The molecule has 2 rings (SSSR count). The third kappa shape index (κ3) is 1.97. The first-order valence-electron chi connectivity index (χ1n) is 5.30. The van der Waals surface area contributed by atoms with Gasteiger partial charge in [0.05, 0.1) is 19.9 Å². The van der Waals surface area contributed by atoms with Crippen molar-refractivity contribution in [3.8, 4) is 22.8 Å². The quantitative estimate of drug-likeness (QED) is 0.897. The number of H-pyrrole nitrogens is 1. The fourth-order valence-electron chi connectivity index (χ4n) is 1.85. The molecule has 2 aromatic rings. The van der Waals surface area contributed by atoms with Crippen LogP contribution in [0, 0.1) is 6.92 Å². The molecule has 0 spiro atoms. The fourth-order valence-corrected chi connectivity index (χ4v) is 2.04. The highest BCUT2D eigenvalue weighted by Crippen LogP contribution is 2.43. The van der Waals surface area contributed by atoms with Gasteiger partial charge in [-0.3, -0.25) is 5.10 Å². The molecule has 0 unspecified atom stereocenters. The van der Waals surface area contributed by atoms with Gasteiger partial charge < -0.3 is 15.2 Å². The molecule has 1 heterocycles. The van der Waals surface area contributed by atoms with Crippen molar-refractivity contribution in [2.45, 2.75) is 6.92 Å². The number of rotatable bonds is 3. The first-order chi connectivity index (χ1) is 8.58. The van der Waals surface area contributed by atoms with Crippen molar-refractivity contribution in [2.75, 3.05) is 20.0 Å². The van der Waals surface area contributed by atoms with Crippen molar-refractivity contribution in [1.29, 1.82) is 0 Å². The summed E-state index contributed by atoms with van der Waals surface area (Å²) in [4.78, 5) is 0. The van der Waals surface area contributed by atoms with Crippen molar-refractivity contribution < 1.29 is 9.47 Å². The monoisotopic (exact) mass is 267 g/mol. The second kappa shape index (κ2) is 4.78. The van der Waals surface area contributed by atoms with E-state index in [1.807, 2.05) is 6.92 Å². The van der Waals surface area contributed by atoms with E-state index in [0.29, 0.717) is 22.3 Å². The molecule has 0 aliphatic heterocycles. The molecule has 0 saturated heterocycles. The number of hydrogen-bond donors (Lipinski definition) is 2. The van der Waals surface area contributed by atoms with Gasteiger partial charge in [0, 0.05) is 22.7 Å². The largest absolute Gasteiger partial charge is 0.493 e. The average Bonchev–Trinajstić information content (AvgIpc) is 2.78. The van der Waals surface area contributed by atoms with Crippen LogP contribution >= 0.6 is 11.6 Å². The molecular formula is C12H14ClN3O2. The summed E-state index contributed by atoms with van der Waals surface area (Å²) in [5.74, 6) is 1.57. The topological polar surface area (TPSA) is 73.2 Å². The number of nitrogens with two attached hydrogens (primary N) is 1. The predicted octanol–water partition coefficient (Wildman–Crippen LogP) is 2.64. The number of benzene rings is 1. The van der Waals surface area contributed by atoms with E-state index >= 15 is 0 Å². The molecule has 0 atom stereocenters. The van der Waals surface area contributed by atoms with Gasteiger partial charge in [-0.1, -0.05) is 11.6 Å². The van der Waals surface area contributed by atoms with Gasteiger partial charge >= 0.3 is 0 Å². The Morgan fingerprint density at radius 3 is 2.50 bits per heavy atom. The molecule has 5 nitrogen and oxygen atoms in total. The minimum atomic E-state index is 0.408. The molecule has 18 heavy (non-hydrogen) atoms. The zero-order valence-electron chi connectivity index (χ0n) is 10.4. The van der Waals surface area contributed by atoms with Gasteiger partial charge in [-0.2, -0.15) is 5.10 Å². The number of aromatic amines is 1. The minimum Gasteiger partial charge on any atom is -0.493 e. The number of aromatic nitrogens is 2. The third-order valence-electron chi connectivity index (χ3n) is 2.73. The summed E-state index contributed by atoms with van der Waals surface area (Å²) >= 11 is 6.18. The summed E-state index contributed by atoms with van der Waals surface area (Å²) in [6, 6.07) is 3.44. The molecule has 96 valence electrons. The maximum absolute atomic E-state index is 6.18. The van der Waals surface area contributed by atoms with Gasteiger partial charge in [0.1, 0.15) is 5.82 Å². The van der Waals surface area contributed by atoms with Crippen LogP contribution in [0.3, 0.4) is 0 Å². The third-order valence-corrected chi connectivity index (χ3v) is 3.13. The lowest BCUT2D eigenvalue weighted by atomic mass is 10.0. The smallest absolute Gasteiger partial charge is 0.170 e. The number of nitrogens with zero attached hydrogens (tertiary/aromatic N) is 1. The fraction of sp³-hybridized carbons (Fsp3) is 0.250. The van der Waals surface area contributed by atoms with Crippen molar-refractivity contribution >= 4 is 17.4 Å². The van der Waals surface area contributed by atoms with E-state index in [-0.39, 0.29) is 0 Å². The van der Waals surface area contributed by atoms with Gasteiger partial charge in [-0.05, 0) is 12.5 Å². The highest BCUT2D eigenvalue weighted by Gasteiger charge is 2.19. The number of ether oxygens (including phenoxy) is 2. The maximum atomic E-state index is 6.18. The number of hydrogen-bond acceptors (Lipinski definition) is 4. The van der Waals surface area contributed by atoms with Gasteiger partial charge in [-0.25, -0.2) is 0 Å². The molecule has 0 amide bonds. The first kappa shape index (κ1) is 12.6. The van der Waals surface area contributed by atoms with E-state index < -0.39 is 0 Å². The second-order valence-corrected chi connectivity index (χ2v) is 4.21. The highest BCUT2D eigenvalue weighted by molar-refractivity contribution is 6.32. The van der Waals surface area contributed by atoms with Crippen LogP contribution in [-0.2, 0) is 0 Å². The van der Waals surface area contributed by atoms with E-state index in [0.717, 1.165) is 16.8 Å². The Morgan fingerprint density at radius 1 is 1.28 bits per heavy atom. The van der Waals surface area contributed by atoms with E-state index in [4.69, 9.17) is 26.8 Å². The van der Waals surface area contributed by atoms with E-state index in [2.05, 4.69) is 10.2 Å². The molecular weight excluding hydrogens is 254 g/mol. The zero-order chi connectivity index (χ0) is 13.3. The molecule has 1 aromatic carbocycles. The molecule has 0 bridgehead atoms. The SMILES string of the molecule is COc1cc(Cl)c(C)c(-c2cc(N)n[nH]2)c1OC. The lowest BCUT2D eigenvalue weighted by Gasteiger charge is -2.15. The average molecular weight is 268 g/mol. The number of methoxy groups -OCH3 is 2. The molecule has 3 N–H and O–H groups in total. The van der Waals surface area contributed by atoms with Crippen LogP contribution in [0.1, 0.15) is 5.56 Å². The number of nitrogen functional groups attached to an aromatic ring is 1. The normalized spacial score (nSPS) is 10.4. The Morgan fingerprint density at radius 2 is 2.00 bits per heavy atom. The minimum absolute atomic E-state index is 0.408. The van der Waals surface area contributed by atoms with Crippen molar-refractivity contribution in [2.24, 2.45) is 0 Å². The van der Waals surface area contributed by atoms with Crippen LogP contribution in [0.2, 0.25) is 5.02 Å².